The van der Waals surface area contributed by atoms with E-state index in [0.717, 1.165) is 12.8 Å². The molecule has 0 aromatic heterocycles. The van der Waals surface area contributed by atoms with E-state index in [4.69, 9.17) is 0 Å². The van der Waals surface area contributed by atoms with Gasteiger partial charge in [0, 0.05) is 18.6 Å². The van der Waals surface area contributed by atoms with Gasteiger partial charge in [0.05, 0.1) is 10.8 Å². The number of piperidine rings is 1. The van der Waals surface area contributed by atoms with Crippen molar-refractivity contribution in [1.82, 2.24) is 9.62 Å². The Morgan fingerprint density at radius 1 is 1.30 bits per heavy atom. The van der Waals surface area contributed by atoms with Gasteiger partial charge in [-0.2, -0.15) is 4.31 Å². The third kappa shape index (κ3) is 4.32. The first-order chi connectivity index (χ1) is 10.8. The second kappa shape index (κ2) is 7.01. The summed E-state index contributed by atoms with van der Waals surface area (Å²) < 4.78 is 26.8. The molecule has 5 nitrogen and oxygen atoms in total. The van der Waals surface area contributed by atoms with E-state index in [2.05, 4.69) is 5.32 Å². The topological polar surface area (TPSA) is 66.5 Å². The fourth-order valence-electron chi connectivity index (χ4n) is 2.64. The quantitative estimate of drug-likeness (QED) is 0.896. The van der Waals surface area contributed by atoms with Gasteiger partial charge >= 0.3 is 0 Å². The molecule has 1 heterocycles. The third-order valence-corrected chi connectivity index (χ3v) is 6.36. The number of benzene rings is 1. The van der Waals surface area contributed by atoms with Crippen LogP contribution < -0.4 is 5.32 Å². The molecule has 1 fully saturated rings. The highest BCUT2D eigenvalue weighted by molar-refractivity contribution is 7.89. The normalized spacial score (nSPS) is 20.2. The third-order valence-electron chi connectivity index (χ3n) is 4.48. The molecular formula is C17H26N2O3S. The fraction of sp³-hybridized carbons (Fsp3) is 0.588. The van der Waals surface area contributed by atoms with Crippen molar-refractivity contribution in [2.45, 2.75) is 50.5 Å². The molecule has 1 amide bonds. The Bertz CT molecular complexity index is 641. The van der Waals surface area contributed by atoms with Gasteiger partial charge in [0.1, 0.15) is 0 Å². The van der Waals surface area contributed by atoms with E-state index in [9.17, 15) is 13.2 Å². The van der Waals surface area contributed by atoms with E-state index < -0.39 is 10.0 Å². The summed E-state index contributed by atoms with van der Waals surface area (Å²) in [5.41, 5.74) is -0.266. The van der Waals surface area contributed by atoms with E-state index in [-0.39, 0.29) is 28.8 Å². The van der Waals surface area contributed by atoms with Gasteiger partial charge in [-0.3, -0.25) is 4.79 Å². The standard InChI is InChI=1S/C17H26N2O3S/c1-4-17(2,3)18-16(20)14-9-8-12-19(13-14)23(21,22)15-10-6-5-7-11-15/h5-7,10-11,14H,4,8-9,12-13H2,1-3H3,(H,18,20)/t14-/m1/s1. The summed E-state index contributed by atoms with van der Waals surface area (Å²) in [4.78, 5) is 12.7. The lowest BCUT2D eigenvalue weighted by molar-refractivity contribution is -0.127. The van der Waals surface area contributed by atoms with Crippen LogP contribution in [0.1, 0.15) is 40.0 Å². The zero-order valence-corrected chi connectivity index (χ0v) is 14.9. The van der Waals surface area contributed by atoms with Crippen molar-refractivity contribution in [3.63, 3.8) is 0 Å². The number of hydrogen-bond acceptors (Lipinski definition) is 3. The molecule has 0 spiro atoms. The van der Waals surface area contributed by atoms with E-state index >= 15 is 0 Å². The van der Waals surface area contributed by atoms with Crippen LogP contribution in [0.15, 0.2) is 35.2 Å². The number of carbonyl (C=O) groups is 1. The maximum atomic E-state index is 12.7. The molecule has 1 aromatic carbocycles. The minimum absolute atomic E-state index is 0.0511. The maximum absolute atomic E-state index is 12.7. The van der Waals surface area contributed by atoms with Gasteiger partial charge in [-0.25, -0.2) is 8.42 Å². The lowest BCUT2D eigenvalue weighted by atomic mass is 9.95. The summed E-state index contributed by atoms with van der Waals surface area (Å²) in [6, 6.07) is 8.41. The van der Waals surface area contributed by atoms with Crippen molar-refractivity contribution in [3.05, 3.63) is 30.3 Å². The lowest BCUT2D eigenvalue weighted by Crippen LogP contribution is -2.50. The SMILES string of the molecule is CCC(C)(C)NC(=O)[C@@H]1CCCN(S(=O)(=O)c2ccccc2)C1. The lowest BCUT2D eigenvalue weighted by Gasteiger charge is -2.33. The van der Waals surface area contributed by atoms with Gasteiger partial charge in [-0.05, 0) is 45.2 Å². The number of amides is 1. The van der Waals surface area contributed by atoms with Crippen LogP contribution in [-0.2, 0) is 14.8 Å². The molecule has 0 saturated carbocycles. The Morgan fingerprint density at radius 2 is 1.96 bits per heavy atom. The van der Waals surface area contributed by atoms with Gasteiger partial charge in [0.25, 0.3) is 0 Å². The number of carbonyl (C=O) groups excluding carboxylic acids is 1. The van der Waals surface area contributed by atoms with Crippen LogP contribution in [-0.4, -0.2) is 37.3 Å². The summed E-state index contributed by atoms with van der Waals surface area (Å²) in [7, 11) is -3.52. The summed E-state index contributed by atoms with van der Waals surface area (Å²) in [6.07, 6.45) is 2.26. The first kappa shape index (κ1) is 17.9. The highest BCUT2D eigenvalue weighted by Gasteiger charge is 2.34. The predicted molar refractivity (Wildman–Crippen MR) is 90.4 cm³/mol. The van der Waals surface area contributed by atoms with Crippen molar-refractivity contribution in [1.29, 1.82) is 0 Å². The van der Waals surface area contributed by atoms with Crippen molar-refractivity contribution in [2.24, 2.45) is 5.92 Å². The van der Waals surface area contributed by atoms with Gasteiger partial charge in [-0.15, -0.1) is 0 Å². The molecular weight excluding hydrogens is 312 g/mol. The Hall–Kier alpha value is -1.40. The number of hydrogen-bond donors (Lipinski definition) is 1. The molecule has 128 valence electrons. The molecule has 1 aliphatic heterocycles. The van der Waals surface area contributed by atoms with E-state index in [1.807, 2.05) is 20.8 Å². The van der Waals surface area contributed by atoms with Gasteiger partial charge < -0.3 is 5.32 Å². The summed E-state index contributed by atoms with van der Waals surface area (Å²) in [6.45, 7) is 6.70. The second-order valence-electron chi connectivity index (χ2n) is 6.74. The van der Waals surface area contributed by atoms with Crippen LogP contribution in [0.4, 0.5) is 0 Å². The van der Waals surface area contributed by atoms with E-state index in [1.54, 1.807) is 30.3 Å². The average molecular weight is 338 g/mol. The molecule has 1 aromatic rings. The second-order valence-corrected chi connectivity index (χ2v) is 8.68. The van der Waals surface area contributed by atoms with E-state index in [1.165, 1.54) is 4.31 Å². The molecule has 2 rings (SSSR count). The number of nitrogens with zero attached hydrogens (tertiary/aromatic N) is 1. The number of sulfonamides is 1. The number of rotatable bonds is 5. The minimum Gasteiger partial charge on any atom is -0.351 e. The highest BCUT2D eigenvalue weighted by Crippen LogP contribution is 2.24. The van der Waals surface area contributed by atoms with Crippen LogP contribution in [0, 0.1) is 5.92 Å². The highest BCUT2D eigenvalue weighted by atomic mass is 32.2. The average Bonchev–Trinajstić information content (AvgIpc) is 2.55. The molecule has 0 aliphatic carbocycles. The zero-order chi connectivity index (χ0) is 17.1. The first-order valence-corrected chi connectivity index (χ1v) is 9.57. The smallest absolute Gasteiger partial charge is 0.243 e. The largest absolute Gasteiger partial charge is 0.351 e. The minimum atomic E-state index is -3.52. The molecule has 0 radical (unpaired) electrons. The summed E-state index contributed by atoms with van der Waals surface area (Å²) in [5, 5.41) is 3.03. The Balaban J connectivity index is 2.11. The maximum Gasteiger partial charge on any atom is 0.243 e. The zero-order valence-electron chi connectivity index (χ0n) is 14.1. The molecule has 1 aliphatic rings. The Kier molecular flexibility index (Phi) is 5.47. The Labute approximate surface area is 139 Å². The van der Waals surface area contributed by atoms with Crippen LogP contribution in [0.3, 0.4) is 0 Å². The van der Waals surface area contributed by atoms with Crippen LogP contribution in [0.25, 0.3) is 0 Å². The molecule has 6 heteroatoms. The summed E-state index contributed by atoms with van der Waals surface area (Å²) >= 11 is 0. The monoisotopic (exact) mass is 338 g/mol. The predicted octanol–water partition coefficient (Wildman–Crippen LogP) is 2.39. The molecule has 0 unspecified atom stereocenters. The summed E-state index contributed by atoms with van der Waals surface area (Å²) in [5.74, 6) is -0.335. The Morgan fingerprint density at radius 3 is 2.57 bits per heavy atom. The van der Waals surface area contributed by atoms with Crippen LogP contribution >= 0.6 is 0 Å². The number of nitrogens with one attached hydrogen (secondary N) is 1. The van der Waals surface area contributed by atoms with Crippen LogP contribution in [0.2, 0.25) is 0 Å². The van der Waals surface area contributed by atoms with Crippen LogP contribution in [0.5, 0.6) is 0 Å². The molecule has 0 bridgehead atoms. The fourth-order valence-corrected chi connectivity index (χ4v) is 4.19. The van der Waals surface area contributed by atoms with Crippen molar-refractivity contribution < 1.29 is 13.2 Å². The van der Waals surface area contributed by atoms with E-state index in [0.29, 0.717) is 13.0 Å². The van der Waals surface area contributed by atoms with Crippen molar-refractivity contribution >= 4 is 15.9 Å². The van der Waals surface area contributed by atoms with Crippen molar-refractivity contribution in [3.8, 4) is 0 Å². The molecule has 23 heavy (non-hydrogen) atoms. The molecule has 1 atom stereocenters. The van der Waals surface area contributed by atoms with Crippen molar-refractivity contribution in [2.75, 3.05) is 13.1 Å². The van der Waals surface area contributed by atoms with Gasteiger partial charge in [-0.1, -0.05) is 25.1 Å². The molecule has 1 N–H and O–H groups in total. The van der Waals surface area contributed by atoms with Gasteiger partial charge in [0.15, 0.2) is 0 Å². The first-order valence-electron chi connectivity index (χ1n) is 8.13. The van der Waals surface area contributed by atoms with Gasteiger partial charge in [0.2, 0.25) is 15.9 Å². The molecule has 1 saturated heterocycles.